The zero-order valence-corrected chi connectivity index (χ0v) is 87.9. The monoisotopic (exact) mass is 2110 g/mol. The number of halogens is 11. The highest BCUT2D eigenvalue weighted by Gasteiger charge is 2.49. The number of carbonyl (C=O) groups excluding carboxylic acids is 5. The molecule has 20 rings (SSSR count). The number of hydrogen-bond acceptors (Lipinski definition) is 13. The number of hydrogen-bond donors (Lipinski definition) is 6. The van der Waals surface area contributed by atoms with Crippen LogP contribution in [0.4, 0.5) is 26.3 Å². The molecule has 7 unspecified atom stereocenters. The molecule has 6 N–H and O–H groups in total. The predicted molar refractivity (Wildman–Crippen MR) is 560 cm³/mol. The number of rotatable bonds is 28. The highest BCUT2D eigenvalue weighted by molar-refractivity contribution is 6.39. The van der Waals surface area contributed by atoms with Crippen molar-refractivity contribution in [3.05, 3.63) is 175 Å². The van der Waals surface area contributed by atoms with E-state index in [9.17, 15) is 65.6 Å². The van der Waals surface area contributed by atoms with Crippen LogP contribution in [0.3, 0.4) is 0 Å². The summed E-state index contributed by atoms with van der Waals surface area (Å²) in [7, 11) is 0. The third kappa shape index (κ3) is 28.2. The average Bonchev–Trinajstić information content (AvgIpc) is 1.61. The smallest absolute Gasteiger partial charge is 0.253 e. The minimum Gasteiger partial charge on any atom is -0.390 e. The fraction of sp³-hybridized carbons (Fsp3) is 0.602. The number of amides is 3. The Kier molecular flexibility index (Phi) is 36.3. The molecule has 790 valence electrons. The molecule has 10 aromatic rings. The lowest BCUT2D eigenvalue weighted by Gasteiger charge is -2.37. The largest absolute Gasteiger partial charge is 0.390 e. The maximum Gasteiger partial charge on any atom is 0.253 e. The molecule has 5 aliphatic heterocycles. The first kappa shape index (κ1) is 110. The van der Waals surface area contributed by atoms with Crippen LogP contribution in [0.2, 0.25) is 25.1 Å². The van der Waals surface area contributed by atoms with Crippen molar-refractivity contribution < 1.29 is 89.3 Å². The quantitative estimate of drug-likeness (QED) is 0.0197. The minimum absolute atomic E-state index is 0.00784. The molecule has 32 heteroatoms. The number of benzene rings is 5. The van der Waals surface area contributed by atoms with Crippen LogP contribution in [0, 0.1) is 29.6 Å². The number of ether oxygens (including phenoxy) is 5. The highest BCUT2D eigenvalue weighted by atomic mass is 35.5. The van der Waals surface area contributed by atoms with Gasteiger partial charge in [0.15, 0.2) is 11.6 Å². The molecule has 21 nitrogen and oxygen atoms in total. The third-order valence-electron chi connectivity index (χ3n) is 32.0. The Morgan fingerprint density at radius 1 is 0.386 bits per heavy atom. The summed E-state index contributed by atoms with van der Waals surface area (Å²) in [5.41, 5.74) is 2.52. The van der Waals surface area contributed by atoms with Crippen molar-refractivity contribution in [3.8, 4) is 0 Å². The summed E-state index contributed by atoms with van der Waals surface area (Å²) < 4.78 is 123. The van der Waals surface area contributed by atoms with Crippen molar-refractivity contribution in [2.75, 3.05) is 52.7 Å². The molecule has 3 amide bonds. The summed E-state index contributed by atoms with van der Waals surface area (Å²) in [6.07, 6.45) is 31.4. The predicted octanol–water partition coefficient (Wildman–Crippen LogP) is 26.0. The van der Waals surface area contributed by atoms with Gasteiger partial charge >= 0.3 is 0 Å². The van der Waals surface area contributed by atoms with Crippen LogP contribution in [-0.2, 0) is 56.4 Å². The fourth-order valence-electron chi connectivity index (χ4n) is 23.8. The zero-order chi connectivity index (χ0) is 103. The van der Waals surface area contributed by atoms with Crippen molar-refractivity contribution in [2.24, 2.45) is 29.6 Å². The van der Waals surface area contributed by atoms with E-state index in [-0.39, 0.29) is 98.6 Å². The fourth-order valence-corrected chi connectivity index (χ4v) is 25.2. The summed E-state index contributed by atoms with van der Waals surface area (Å²) in [4.78, 5) is 65.1. The summed E-state index contributed by atoms with van der Waals surface area (Å²) >= 11 is 32.2. The first-order chi connectivity index (χ1) is 69.1. The van der Waals surface area contributed by atoms with E-state index in [1.807, 2.05) is 108 Å². The van der Waals surface area contributed by atoms with Crippen molar-refractivity contribution in [2.45, 2.75) is 350 Å². The maximum atomic E-state index is 14.1. The van der Waals surface area contributed by atoms with E-state index in [0.29, 0.717) is 161 Å². The lowest BCUT2D eigenvalue weighted by molar-refractivity contribution is -0.137. The van der Waals surface area contributed by atoms with E-state index in [1.54, 1.807) is 32.2 Å². The number of carbonyl (C=O) groups is 5. The van der Waals surface area contributed by atoms with Gasteiger partial charge in [-0.15, -0.1) is 0 Å². The van der Waals surface area contributed by atoms with Gasteiger partial charge in [0.1, 0.15) is 11.3 Å². The molecule has 11 atom stereocenters. The van der Waals surface area contributed by atoms with Gasteiger partial charge in [-0.2, -0.15) is 0 Å². The van der Waals surface area contributed by atoms with Gasteiger partial charge in [0.2, 0.25) is 11.8 Å². The molecular weight excluding hydrogens is 1970 g/mol. The Morgan fingerprint density at radius 3 is 1.03 bits per heavy atom. The third-order valence-corrected chi connectivity index (χ3v) is 33.6. The number of aliphatic hydroxyl groups is 3. The Balaban J connectivity index is 0.000000130. The van der Waals surface area contributed by atoms with E-state index in [1.165, 1.54) is 0 Å². The molecule has 5 aromatic carbocycles. The molecule has 5 aliphatic carbocycles. The standard InChI is InChI=1S/C24H28ClF4NO2.C23H29ClFNO3.C22H28ClFN2O2.2C22H29ClN2O3/c1-23(26,27)16-10-15(11-24(28,29)12-16)7-8-21(31)18-14-30(13-17-4-3-9-32-17)20-6-2-5-19(25)22(18)20;1-22(25)9-11-23(28,12-10-22)8-7-20(27)17-15-26(14-16-4-3-13-29-16)19-6-2-5-18(24)21(17)19;1-22(24)9-7-15(8-10-22)12-25-21(27)17-14-26(13-16-4-3-11-28-16)19-6-2-5-18(23)20(17)19;2*1-15-5-3-9-22(27,11-15)14-24-21(26)17-13-25(12-16-6-4-10-28-16)19-8-2-7-18(23)20(17)19/h2,5-6,14-17H,3-4,7-13H2,1H3;2,5-6,15-16,28H,3-4,7-14H2,1H3;2,5-6,14-16H,3-4,7-13H2,1H3,(H,25,27);2*2,7-8,13,15-16,27H,3-6,9-12,14H2,1H3,(H,24,26)/t;;;2*15-,16?,22-/m...10/s1. The highest BCUT2D eigenvalue weighted by Crippen LogP contribution is 2.49. The van der Waals surface area contributed by atoms with Gasteiger partial charge in [0.25, 0.3) is 17.7 Å². The van der Waals surface area contributed by atoms with Crippen LogP contribution in [-0.4, -0.2) is 191 Å². The summed E-state index contributed by atoms with van der Waals surface area (Å²) in [6, 6.07) is 28.2. The van der Waals surface area contributed by atoms with E-state index in [2.05, 4.69) is 48.1 Å². The molecular formula is C113H143Cl5F6N8O13. The molecule has 145 heavy (non-hydrogen) atoms. The Hall–Kier alpha value is -7.74. The number of fused-ring (bicyclic) bond motifs is 5. The molecule has 0 spiro atoms. The van der Waals surface area contributed by atoms with E-state index >= 15 is 0 Å². The van der Waals surface area contributed by atoms with Gasteiger partial charge in [-0.1, -0.05) is 128 Å². The number of nitrogens with one attached hydrogen (secondary N) is 3. The molecule has 0 radical (unpaired) electrons. The second kappa shape index (κ2) is 47.8. The zero-order valence-electron chi connectivity index (χ0n) is 84.2. The molecule has 10 heterocycles. The lowest BCUT2D eigenvalue weighted by atomic mass is 9.74. The Morgan fingerprint density at radius 2 is 0.703 bits per heavy atom. The second-order valence-corrected chi connectivity index (χ2v) is 46.2. The first-order valence-corrected chi connectivity index (χ1v) is 54.7. The second-order valence-electron chi connectivity index (χ2n) is 44.1. The van der Waals surface area contributed by atoms with E-state index in [4.69, 9.17) is 81.7 Å². The number of aromatic nitrogens is 5. The maximum absolute atomic E-state index is 14.1. The van der Waals surface area contributed by atoms with Crippen molar-refractivity contribution >= 4 is 142 Å². The number of alkyl halides is 6. The molecule has 10 fully saturated rings. The van der Waals surface area contributed by atoms with Crippen molar-refractivity contribution in [1.82, 2.24) is 38.8 Å². The molecule has 5 saturated carbocycles. The van der Waals surface area contributed by atoms with Crippen LogP contribution < -0.4 is 16.0 Å². The summed E-state index contributed by atoms with van der Waals surface area (Å²) in [6.45, 7) is 16.8. The van der Waals surface area contributed by atoms with E-state index < -0.39 is 64.7 Å². The van der Waals surface area contributed by atoms with Gasteiger partial charge in [0, 0.05) is 186 Å². The normalized spacial score (nSPS) is 28.0. The molecule has 10 aliphatic rings. The average molecular weight is 2110 g/mol. The number of ketones is 2. The number of nitrogens with zero attached hydrogens (tertiary/aromatic N) is 5. The summed E-state index contributed by atoms with van der Waals surface area (Å²) in [5, 5.41) is 47.9. The number of Topliss-reactive ketones (excluding diaryl/α,β-unsaturated/α-hetero) is 2. The van der Waals surface area contributed by atoms with Crippen molar-refractivity contribution in [1.29, 1.82) is 0 Å². The Labute approximate surface area is 871 Å². The van der Waals surface area contributed by atoms with Gasteiger partial charge in [-0.05, 0) is 266 Å². The SMILES string of the molecule is CC(F)(F)C1CC(CCC(=O)c2cn(CC3CCCO3)c3cccc(Cl)c23)CC(F)(F)C1.CC1(F)CCC(CNC(=O)c2cn(CC3CCCO3)c3cccc(Cl)c23)CC1.CC1(F)CCC(O)(CCC(=O)c2cn(CC3CCCO3)c3cccc(Cl)c23)CC1.C[C@@H]1CCC[C@](O)(CNC(=O)c2cn(CC3CCCO3)c3cccc(Cl)c23)C1.C[C@H]1CCC[C@@](O)(CNC(=O)c2cn(CC3CCCO3)c3cccc(Cl)c23)C1. The van der Waals surface area contributed by atoms with E-state index in [0.717, 1.165) is 217 Å². The van der Waals surface area contributed by atoms with Gasteiger partial charge < -0.3 is 77.8 Å². The van der Waals surface area contributed by atoms with Crippen LogP contribution in [0.15, 0.2) is 122 Å². The van der Waals surface area contributed by atoms with Crippen LogP contribution in [0.1, 0.15) is 298 Å². The van der Waals surface area contributed by atoms with Gasteiger partial charge in [0.05, 0.1) is 117 Å². The van der Waals surface area contributed by atoms with Gasteiger partial charge in [-0.3, -0.25) is 24.0 Å². The van der Waals surface area contributed by atoms with Crippen LogP contribution in [0.5, 0.6) is 0 Å². The van der Waals surface area contributed by atoms with Crippen molar-refractivity contribution in [3.63, 3.8) is 0 Å². The molecule has 5 saturated heterocycles. The first-order valence-electron chi connectivity index (χ1n) is 52.8. The van der Waals surface area contributed by atoms with Crippen LogP contribution >= 0.6 is 58.0 Å². The topological polar surface area (TPSA) is 253 Å². The minimum atomic E-state index is -3.16. The Bertz CT molecular complexity index is 6000. The van der Waals surface area contributed by atoms with Crippen LogP contribution in [0.25, 0.3) is 54.5 Å². The lowest BCUT2D eigenvalue weighted by Crippen LogP contribution is -2.45. The van der Waals surface area contributed by atoms with Gasteiger partial charge in [-0.25, -0.2) is 26.3 Å². The molecule has 5 aromatic heterocycles. The summed E-state index contributed by atoms with van der Waals surface area (Å²) in [5.74, 6) is -7.68. The molecule has 0 bridgehead atoms.